The summed E-state index contributed by atoms with van der Waals surface area (Å²) < 4.78 is 0. The van der Waals surface area contributed by atoms with Crippen molar-refractivity contribution in [3.63, 3.8) is 0 Å². The highest BCUT2D eigenvalue weighted by Crippen LogP contribution is 1.82. The summed E-state index contributed by atoms with van der Waals surface area (Å²) in [4.78, 5) is 12.3. The second kappa shape index (κ2) is 4.11. The van der Waals surface area contributed by atoms with Gasteiger partial charge < -0.3 is 16.0 Å². The predicted molar refractivity (Wildman–Crippen MR) is 40.7 cm³/mol. The van der Waals surface area contributed by atoms with Gasteiger partial charge in [0.25, 0.3) is 0 Å². The highest BCUT2D eigenvalue weighted by molar-refractivity contribution is 5.71. The smallest absolute Gasteiger partial charge is 0.312 e. The number of hydrogen-bond acceptors (Lipinski definition) is 2. The summed E-state index contributed by atoms with van der Waals surface area (Å²) in [6.45, 7) is 2.72. The van der Waals surface area contributed by atoms with E-state index in [1.807, 2.05) is 25.9 Å². The van der Waals surface area contributed by atoms with Crippen molar-refractivity contribution in [3.05, 3.63) is 0 Å². The Morgan fingerprint density at radius 3 is 2.50 bits per heavy atom. The van der Waals surface area contributed by atoms with Crippen LogP contribution in [0.15, 0.2) is 0 Å². The Labute approximate surface area is 61.4 Å². The minimum atomic E-state index is -0.464. The van der Waals surface area contributed by atoms with E-state index in [1.165, 1.54) is 0 Å². The van der Waals surface area contributed by atoms with Crippen molar-refractivity contribution in [2.24, 2.45) is 5.73 Å². The van der Waals surface area contributed by atoms with E-state index < -0.39 is 6.03 Å². The molecule has 0 aromatic rings. The molecular weight excluding hydrogens is 130 g/mol. The number of carbonyl (C=O) groups excluding carboxylic acids is 1. The number of carbonyl (C=O) groups is 1. The minimum Gasteiger partial charge on any atom is -0.352 e. The first kappa shape index (κ1) is 9.23. The van der Waals surface area contributed by atoms with Gasteiger partial charge in [-0.2, -0.15) is 0 Å². The van der Waals surface area contributed by atoms with Crippen LogP contribution in [0, 0.1) is 0 Å². The number of hydrogen-bond donors (Lipinski definition) is 2. The van der Waals surface area contributed by atoms with Gasteiger partial charge in [0.15, 0.2) is 0 Å². The number of nitrogens with two attached hydrogens (primary N) is 1. The van der Waals surface area contributed by atoms with Crippen molar-refractivity contribution >= 4 is 6.03 Å². The van der Waals surface area contributed by atoms with Crippen molar-refractivity contribution in [1.82, 2.24) is 10.2 Å². The molecule has 60 valence electrons. The molecule has 0 rings (SSSR count). The van der Waals surface area contributed by atoms with Crippen LogP contribution in [0.25, 0.3) is 0 Å². The lowest BCUT2D eigenvalue weighted by Crippen LogP contribution is -2.42. The molecule has 0 bridgehead atoms. The van der Waals surface area contributed by atoms with Gasteiger partial charge in [0.2, 0.25) is 0 Å². The Hall–Kier alpha value is -0.770. The fraction of sp³-hybridized carbons (Fsp3) is 0.833. The molecule has 3 N–H and O–H groups in total. The lowest BCUT2D eigenvalue weighted by molar-refractivity contribution is 0.242. The van der Waals surface area contributed by atoms with Gasteiger partial charge in [0.1, 0.15) is 0 Å². The zero-order valence-electron chi connectivity index (χ0n) is 6.72. The predicted octanol–water partition coefficient (Wildman–Crippen LogP) is -0.395. The Balaban J connectivity index is 3.43. The average Bonchev–Trinajstić information content (AvgIpc) is 1.58. The highest BCUT2D eigenvalue weighted by Gasteiger charge is 2.03. The molecule has 1 atom stereocenters. The number of likely N-dealkylation sites (N-methyl/N-ethyl adjacent to an activating group) is 1. The molecule has 2 amide bonds. The van der Waals surface area contributed by atoms with Gasteiger partial charge in [-0.15, -0.1) is 0 Å². The zero-order valence-corrected chi connectivity index (χ0v) is 6.72. The van der Waals surface area contributed by atoms with E-state index in [4.69, 9.17) is 5.73 Å². The van der Waals surface area contributed by atoms with Crippen LogP contribution < -0.4 is 11.1 Å². The maximum Gasteiger partial charge on any atom is 0.312 e. The summed E-state index contributed by atoms with van der Waals surface area (Å²) in [5.74, 6) is 0. The molecule has 0 aromatic carbocycles. The van der Waals surface area contributed by atoms with Gasteiger partial charge in [-0.25, -0.2) is 4.79 Å². The van der Waals surface area contributed by atoms with Crippen LogP contribution in [-0.4, -0.2) is 37.6 Å². The van der Waals surface area contributed by atoms with Crippen molar-refractivity contribution in [2.45, 2.75) is 13.0 Å². The quantitative estimate of drug-likeness (QED) is 0.568. The fourth-order valence-corrected chi connectivity index (χ4v) is 0.836. The van der Waals surface area contributed by atoms with Crippen LogP contribution in [-0.2, 0) is 0 Å². The van der Waals surface area contributed by atoms with Crippen LogP contribution in [0.2, 0.25) is 0 Å². The van der Waals surface area contributed by atoms with E-state index in [2.05, 4.69) is 5.32 Å². The van der Waals surface area contributed by atoms with E-state index in [0.717, 1.165) is 6.54 Å². The van der Waals surface area contributed by atoms with Crippen molar-refractivity contribution < 1.29 is 4.79 Å². The van der Waals surface area contributed by atoms with Gasteiger partial charge in [0, 0.05) is 12.6 Å². The first-order chi connectivity index (χ1) is 4.52. The second-order valence-electron chi connectivity index (χ2n) is 2.67. The third kappa shape index (κ3) is 5.37. The maximum atomic E-state index is 10.3. The zero-order chi connectivity index (χ0) is 8.15. The van der Waals surface area contributed by atoms with E-state index >= 15 is 0 Å². The van der Waals surface area contributed by atoms with Gasteiger partial charge >= 0.3 is 6.03 Å². The van der Waals surface area contributed by atoms with Crippen molar-refractivity contribution in [2.75, 3.05) is 20.6 Å². The van der Waals surface area contributed by atoms with E-state index in [9.17, 15) is 4.79 Å². The third-order valence-electron chi connectivity index (χ3n) is 1.03. The topological polar surface area (TPSA) is 58.4 Å². The number of nitrogens with zero attached hydrogens (tertiary/aromatic N) is 1. The van der Waals surface area contributed by atoms with Gasteiger partial charge in [-0.05, 0) is 21.0 Å². The molecule has 0 aliphatic carbocycles. The summed E-state index contributed by atoms with van der Waals surface area (Å²) in [6, 6.07) is -0.346. The molecule has 0 saturated heterocycles. The maximum absolute atomic E-state index is 10.3. The molecule has 0 radical (unpaired) electrons. The van der Waals surface area contributed by atoms with Gasteiger partial charge in [-0.1, -0.05) is 0 Å². The average molecular weight is 145 g/mol. The van der Waals surface area contributed by atoms with Crippen LogP contribution >= 0.6 is 0 Å². The lowest BCUT2D eigenvalue weighted by Gasteiger charge is -2.16. The summed E-state index contributed by atoms with van der Waals surface area (Å²) in [5.41, 5.74) is 4.90. The Bertz CT molecular complexity index is 114. The SMILES string of the molecule is C[C@H](CN(C)C)NC(N)=O. The summed E-state index contributed by atoms with van der Waals surface area (Å²) in [7, 11) is 3.89. The highest BCUT2D eigenvalue weighted by atomic mass is 16.2. The Morgan fingerprint density at radius 2 is 2.20 bits per heavy atom. The molecule has 10 heavy (non-hydrogen) atoms. The molecule has 0 spiro atoms. The molecule has 0 heterocycles. The van der Waals surface area contributed by atoms with Crippen molar-refractivity contribution in [1.29, 1.82) is 0 Å². The van der Waals surface area contributed by atoms with Gasteiger partial charge in [0.05, 0.1) is 0 Å². The van der Waals surface area contributed by atoms with Crippen LogP contribution in [0.1, 0.15) is 6.92 Å². The second-order valence-corrected chi connectivity index (χ2v) is 2.67. The van der Waals surface area contributed by atoms with E-state index in [-0.39, 0.29) is 6.04 Å². The number of urea groups is 1. The number of nitrogens with one attached hydrogen (secondary N) is 1. The standard InChI is InChI=1S/C6H15N3O/c1-5(4-9(2)3)8-6(7)10/h5H,4H2,1-3H3,(H3,7,8,10)/t5-/m1/s1. The minimum absolute atomic E-state index is 0.118. The largest absolute Gasteiger partial charge is 0.352 e. The molecule has 0 unspecified atom stereocenters. The normalized spacial score (nSPS) is 13.2. The summed E-state index contributed by atoms with van der Waals surface area (Å²) in [6.07, 6.45) is 0. The molecule has 0 aliphatic rings. The molecule has 0 saturated carbocycles. The Morgan fingerprint density at radius 1 is 1.70 bits per heavy atom. The molecule has 4 heteroatoms. The molecular formula is C6H15N3O. The number of amides is 2. The lowest BCUT2D eigenvalue weighted by atomic mass is 10.3. The monoisotopic (exact) mass is 145 g/mol. The van der Waals surface area contributed by atoms with Gasteiger partial charge in [-0.3, -0.25) is 0 Å². The number of rotatable bonds is 3. The van der Waals surface area contributed by atoms with Crippen LogP contribution in [0.3, 0.4) is 0 Å². The van der Waals surface area contributed by atoms with Crippen molar-refractivity contribution in [3.8, 4) is 0 Å². The third-order valence-corrected chi connectivity index (χ3v) is 1.03. The first-order valence-electron chi connectivity index (χ1n) is 3.23. The molecule has 0 aromatic heterocycles. The van der Waals surface area contributed by atoms with E-state index in [1.54, 1.807) is 0 Å². The Kier molecular flexibility index (Phi) is 3.79. The summed E-state index contributed by atoms with van der Waals surface area (Å²) >= 11 is 0. The number of primary amides is 1. The van der Waals surface area contributed by atoms with Crippen LogP contribution in [0.5, 0.6) is 0 Å². The fourth-order valence-electron chi connectivity index (χ4n) is 0.836. The molecule has 0 aliphatic heterocycles. The van der Waals surface area contributed by atoms with Crippen LogP contribution in [0.4, 0.5) is 4.79 Å². The molecule has 0 fully saturated rings. The van der Waals surface area contributed by atoms with E-state index in [0.29, 0.717) is 0 Å². The molecule has 4 nitrogen and oxygen atoms in total. The first-order valence-corrected chi connectivity index (χ1v) is 3.23. The summed E-state index contributed by atoms with van der Waals surface area (Å²) in [5, 5.41) is 2.57.